The number of aliphatic hydroxyl groups excluding tert-OH is 4. The highest BCUT2D eigenvalue weighted by molar-refractivity contribution is 7.99. The van der Waals surface area contributed by atoms with Crippen molar-refractivity contribution in [2.75, 3.05) is 63.5 Å². The number of allylic oxidation sites excluding steroid dienone is 2. The van der Waals surface area contributed by atoms with Crippen molar-refractivity contribution < 1.29 is 68.0 Å². The van der Waals surface area contributed by atoms with E-state index in [-0.39, 0.29) is 22.6 Å². The fraction of sp³-hybridized carbons (Fsp3) is 0.661. The molecule has 6 N–H and O–H groups in total. The van der Waals surface area contributed by atoms with E-state index in [0.717, 1.165) is 59.8 Å². The van der Waals surface area contributed by atoms with E-state index in [0.29, 0.717) is 50.9 Å². The topological polar surface area (TPSA) is 235 Å². The zero-order valence-corrected chi connectivity index (χ0v) is 50.3. The second-order valence-electron chi connectivity index (χ2n) is 22.8. The lowest BCUT2D eigenvalue weighted by atomic mass is 9.93. The number of hydrogen-bond acceptors (Lipinski definition) is 16. The molecule has 0 saturated carbocycles. The van der Waals surface area contributed by atoms with Gasteiger partial charge in [0.15, 0.2) is 18.0 Å². The molecular weight excluding hydrogens is 1050 g/mol. The number of aliphatic hydroxyl groups is 4. The summed E-state index contributed by atoms with van der Waals surface area (Å²) >= 11 is 3.16. The highest BCUT2D eigenvalue weighted by atomic mass is 32.2. The molecule has 2 aromatic carbocycles. The molecular formula is C59H92N4O14S2. The van der Waals surface area contributed by atoms with Gasteiger partial charge in [0.1, 0.15) is 60.2 Å². The molecule has 0 radical (unpaired) electrons. The van der Waals surface area contributed by atoms with Gasteiger partial charge < -0.3 is 69.3 Å². The van der Waals surface area contributed by atoms with E-state index < -0.39 is 78.5 Å². The van der Waals surface area contributed by atoms with Crippen LogP contribution in [-0.2, 0) is 51.2 Å². The Bertz CT molecular complexity index is 2240. The summed E-state index contributed by atoms with van der Waals surface area (Å²) in [5.41, 5.74) is 1.58. The highest BCUT2D eigenvalue weighted by Gasteiger charge is 2.48. The lowest BCUT2D eigenvalue weighted by molar-refractivity contribution is -0.334. The third-order valence-electron chi connectivity index (χ3n) is 13.0. The van der Waals surface area contributed by atoms with Crippen LogP contribution >= 0.6 is 23.5 Å². The molecule has 10 atom stereocenters. The molecule has 0 spiro atoms. The van der Waals surface area contributed by atoms with Gasteiger partial charge in [-0.15, -0.1) is 0 Å². The number of thioether (sulfide) groups is 2. The molecule has 5 rings (SSSR count). The number of ether oxygens (including phenoxy) is 6. The van der Waals surface area contributed by atoms with Crippen LogP contribution in [0.2, 0.25) is 0 Å². The molecule has 79 heavy (non-hydrogen) atoms. The molecule has 2 unspecified atom stereocenters. The van der Waals surface area contributed by atoms with Gasteiger partial charge in [0.05, 0.1) is 13.2 Å². The minimum absolute atomic E-state index is 0.118. The van der Waals surface area contributed by atoms with Gasteiger partial charge in [-0.3, -0.25) is 19.2 Å². The smallest absolute Gasteiger partial charge is 0.252 e. The minimum Gasteiger partial charge on any atom is -0.494 e. The summed E-state index contributed by atoms with van der Waals surface area (Å²) < 4.78 is 34.1. The van der Waals surface area contributed by atoms with E-state index >= 15 is 0 Å². The fourth-order valence-electron chi connectivity index (χ4n) is 8.54. The van der Waals surface area contributed by atoms with E-state index in [1.165, 1.54) is 20.3 Å². The SMILES string of the molecule is CCCCOc1ccc(CN2CCSCC(NC(=O)[C@H](OC)[C@@H]3OC(C)(C)O[C@H](/C=C/C(C)(C)C)[C@@H]3O)C2=O)cc1.CCCCOc1ccc(CN2CCSCC(NC(=O)[C@H](OC)[C@H](O)[C@@H](O)[C@H](O)/C=C/C(C)(C)C)C2=O)cc1. The van der Waals surface area contributed by atoms with Crippen LogP contribution in [0, 0.1) is 10.8 Å². The monoisotopic (exact) mass is 1140 g/mol. The second kappa shape index (κ2) is 32.4. The number of nitrogens with zero attached hydrogens (tertiary/aromatic N) is 2. The summed E-state index contributed by atoms with van der Waals surface area (Å²) in [6.45, 7) is 22.9. The number of unbranched alkanes of at least 4 members (excludes halogenated alkanes) is 2. The molecule has 4 amide bonds. The van der Waals surface area contributed by atoms with Crippen molar-refractivity contribution >= 4 is 47.2 Å². The zero-order chi connectivity index (χ0) is 58.5. The Balaban J connectivity index is 0.000000342. The summed E-state index contributed by atoms with van der Waals surface area (Å²) in [5, 5.41) is 48.0. The molecule has 3 aliphatic rings. The van der Waals surface area contributed by atoms with E-state index in [2.05, 4.69) is 24.5 Å². The van der Waals surface area contributed by atoms with Gasteiger partial charge in [-0.05, 0) is 72.9 Å². The van der Waals surface area contributed by atoms with Crippen molar-refractivity contribution in [3.63, 3.8) is 0 Å². The van der Waals surface area contributed by atoms with Crippen molar-refractivity contribution in [2.24, 2.45) is 10.8 Å². The predicted octanol–water partition coefficient (Wildman–Crippen LogP) is 6.05. The summed E-state index contributed by atoms with van der Waals surface area (Å²) in [5.74, 6) is 1.21. The number of hydrogen-bond donors (Lipinski definition) is 6. The van der Waals surface area contributed by atoms with Gasteiger partial charge in [0.25, 0.3) is 11.8 Å². The summed E-state index contributed by atoms with van der Waals surface area (Å²) in [7, 11) is 2.62. The largest absolute Gasteiger partial charge is 0.494 e. The van der Waals surface area contributed by atoms with Gasteiger partial charge in [-0.2, -0.15) is 23.5 Å². The molecule has 18 nitrogen and oxygen atoms in total. The molecule has 3 heterocycles. The van der Waals surface area contributed by atoms with Gasteiger partial charge >= 0.3 is 0 Å². The molecule has 2 aromatic rings. The Morgan fingerprint density at radius 2 is 1.19 bits per heavy atom. The fourth-order valence-corrected chi connectivity index (χ4v) is 10.5. The number of nitrogens with one attached hydrogen (secondary N) is 2. The molecule has 0 bridgehead atoms. The highest BCUT2D eigenvalue weighted by Crippen LogP contribution is 2.32. The Hall–Kier alpha value is -4.22. The summed E-state index contributed by atoms with van der Waals surface area (Å²) in [6.07, 6.45) is 0.761. The molecule has 20 heteroatoms. The standard InChI is InChI=1S/C31H48N2O7S.C28H44N2O7S/c1-8-9-17-38-22-12-10-21(11-13-22)19-33-16-18-41-20-23(29(33)36)32-28(35)27(37-7)26-25(34)24(14-15-30(2,3)4)39-31(5,6)40-26;1-6-7-15-37-20-10-8-19(9-11-20)17-30-14-16-38-18-21(27(30)35)29-26(34)25(36-5)24(33)23(32)22(31)12-13-28(2,3)4/h10-15,23-27,34H,8-9,16-20H2,1-7H3,(H,32,35);8-13,21-25,31-33H,6-7,14-18H2,1-5H3,(H,29,34)/b15-14+;13-12+/t23?,24-,25+,26-,27-;21?,22-,23+,24-,25-/m11/s1. The Kier molecular flexibility index (Phi) is 27.6. The normalized spacial score (nSPS) is 23.2. The third-order valence-corrected chi connectivity index (χ3v) is 15.1. The number of carbonyl (C=O) groups is 4. The lowest BCUT2D eigenvalue weighted by Gasteiger charge is -2.45. The average Bonchev–Trinajstić information content (AvgIpc) is 3.71. The third kappa shape index (κ3) is 22.6. The number of carbonyl (C=O) groups excluding carboxylic acids is 4. The lowest BCUT2D eigenvalue weighted by Crippen LogP contribution is -2.62. The molecule has 444 valence electrons. The van der Waals surface area contributed by atoms with Crippen molar-refractivity contribution in [1.29, 1.82) is 0 Å². The average molecular weight is 1150 g/mol. The van der Waals surface area contributed by atoms with Crippen LogP contribution in [0.5, 0.6) is 11.5 Å². The van der Waals surface area contributed by atoms with Crippen molar-refractivity contribution in [3.8, 4) is 11.5 Å². The number of benzene rings is 2. The number of methoxy groups -OCH3 is 2. The summed E-state index contributed by atoms with van der Waals surface area (Å²) in [6, 6.07) is 13.9. The van der Waals surface area contributed by atoms with Gasteiger partial charge in [0.2, 0.25) is 11.8 Å². The molecule has 0 aromatic heterocycles. The molecule has 3 aliphatic heterocycles. The van der Waals surface area contributed by atoms with Gasteiger partial charge in [0, 0.05) is 63.4 Å². The first-order chi connectivity index (χ1) is 37.3. The van der Waals surface area contributed by atoms with E-state index in [1.807, 2.05) is 96.1 Å². The first-order valence-electron chi connectivity index (χ1n) is 27.6. The maximum Gasteiger partial charge on any atom is 0.252 e. The van der Waals surface area contributed by atoms with Crippen LogP contribution in [0.1, 0.15) is 106 Å². The van der Waals surface area contributed by atoms with Gasteiger partial charge in [-0.1, -0.05) is 117 Å². The Morgan fingerprint density at radius 3 is 1.62 bits per heavy atom. The quantitative estimate of drug-likeness (QED) is 0.0519. The molecule has 3 saturated heterocycles. The zero-order valence-electron chi connectivity index (χ0n) is 48.7. The second-order valence-corrected chi connectivity index (χ2v) is 25.1. The maximum atomic E-state index is 13.5. The van der Waals surface area contributed by atoms with Crippen LogP contribution in [0.15, 0.2) is 72.8 Å². The predicted molar refractivity (Wildman–Crippen MR) is 310 cm³/mol. The first kappa shape index (κ1) is 67.3. The van der Waals surface area contributed by atoms with Crippen LogP contribution in [0.3, 0.4) is 0 Å². The van der Waals surface area contributed by atoms with Crippen LogP contribution in [-0.4, -0.2) is 184 Å². The first-order valence-corrected chi connectivity index (χ1v) is 29.9. The minimum atomic E-state index is -1.71. The Morgan fingerprint density at radius 1 is 0.722 bits per heavy atom. The summed E-state index contributed by atoms with van der Waals surface area (Å²) in [4.78, 5) is 56.8. The number of amides is 4. The van der Waals surface area contributed by atoms with E-state index in [1.54, 1.807) is 59.3 Å². The maximum absolute atomic E-state index is 13.5. The van der Waals surface area contributed by atoms with Crippen LogP contribution < -0.4 is 20.1 Å². The Labute approximate surface area is 478 Å². The van der Waals surface area contributed by atoms with Crippen molar-refractivity contribution in [1.82, 2.24) is 20.4 Å². The van der Waals surface area contributed by atoms with E-state index in [4.69, 9.17) is 28.4 Å². The van der Waals surface area contributed by atoms with Gasteiger partial charge in [-0.25, -0.2) is 0 Å². The van der Waals surface area contributed by atoms with Crippen LogP contribution in [0.25, 0.3) is 0 Å². The van der Waals surface area contributed by atoms with Crippen LogP contribution in [0.4, 0.5) is 0 Å². The van der Waals surface area contributed by atoms with Crippen molar-refractivity contribution in [3.05, 3.63) is 84.0 Å². The number of rotatable bonds is 24. The van der Waals surface area contributed by atoms with Crippen molar-refractivity contribution in [2.45, 2.75) is 175 Å². The van der Waals surface area contributed by atoms with E-state index in [9.17, 15) is 39.6 Å². The molecule has 3 fully saturated rings. The molecule has 0 aliphatic carbocycles.